The Morgan fingerprint density at radius 3 is 2.71 bits per heavy atom. The molecule has 0 aliphatic carbocycles. The molecule has 2 heterocycles. The molecule has 2 aromatic carbocycles. The van der Waals surface area contributed by atoms with Crippen molar-refractivity contribution in [3.63, 3.8) is 0 Å². The number of rotatable bonds is 5. The number of para-hydroxylation sites is 2. The number of aromatic nitrogens is 2. The fourth-order valence-electron chi connectivity index (χ4n) is 3.59. The van der Waals surface area contributed by atoms with Gasteiger partial charge in [-0.3, -0.25) is 9.69 Å². The van der Waals surface area contributed by atoms with E-state index in [9.17, 15) is 4.79 Å². The molecule has 6 nitrogen and oxygen atoms in total. The van der Waals surface area contributed by atoms with Crippen LogP contribution in [0.4, 0.5) is 5.69 Å². The van der Waals surface area contributed by atoms with Gasteiger partial charge in [-0.25, -0.2) is 4.98 Å². The maximum atomic E-state index is 12.3. The van der Waals surface area contributed by atoms with Crippen LogP contribution < -0.4 is 15.2 Å². The number of halogens is 1. The van der Waals surface area contributed by atoms with E-state index in [-0.39, 0.29) is 5.56 Å². The molecule has 1 fully saturated rings. The highest BCUT2D eigenvalue weighted by Crippen LogP contribution is 2.29. The van der Waals surface area contributed by atoms with Gasteiger partial charge >= 0.3 is 0 Å². The molecule has 1 saturated heterocycles. The summed E-state index contributed by atoms with van der Waals surface area (Å²) in [6.45, 7) is 6.86. The normalized spacial score (nSPS) is 15.1. The zero-order chi connectivity index (χ0) is 19.5. The molecule has 146 valence electrons. The third kappa shape index (κ3) is 3.98. The molecule has 3 aromatic rings. The van der Waals surface area contributed by atoms with Crippen LogP contribution in [0, 0.1) is 0 Å². The Kier molecular flexibility index (Phi) is 5.50. The Morgan fingerprint density at radius 1 is 1.14 bits per heavy atom. The van der Waals surface area contributed by atoms with E-state index in [2.05, 4.69) is 25.8 Å². The predicted molar refractivity (Wildman–Crippen MR) is 112 cm³/mol. The van der Waals surface area contributed by atoms with Gasteiger partial charge in [-0.15, -0.1) is 0 Å². The topological polar surface area (TPSA) is 61.5 Å². The molecule has 0 unspecified atom stereocenters. The number of nitrogens with zero attached hydrogens (tertiary/aromatic N) is 3. The summed E-state index contributed by atoms with van der Waals surface area (Å²) in [6.07, 6.45) is 0. The number of ether oxygens (including phenoxy) is 1. The average molecular weight is 399 g/mol. The summed E-state index contributed by atoms with van der Waals surface area (Å²) in [7, 11) is 0. The minimum absolute atomic E-state index is 0.147. The number of piperazine rings is 1. The van der Waals surface area contributed by atoms with Gasteiger partial charge in [0.2, 0.25) is 0 Å². The second-order valence-corrected chi connectivity index (χ2v) is 7.27. The lowest BCUT2D eigenvalue weighted by Gasteiger charge is -2.36. The van der Waals surface area contributed by atoms with Gasteiger partial charge < -0.3 is 14.6 Å². The summed E-state index contributed by atoms with van der Waals surface area (Å²) < 4.78 is 5.76. The minimum atomic E-state index is -0.147. The number of hydrogen-bond donors (Lipinski definition) is 1. The van der Waals surface area contributed by atoms with Crippen molar-refractivity contribution in [3.05, 3.63) is 63.7 Å². The zero-order valence-corrected chi connectivity index (χ0v) is 16.6. The fraction of sp³-hybridized carbons (Fsp3) is 0.333. The summed E-state index contributed by atoms with van der Waals surface area (Å²) in [5.74, 6) is 1.61. The van der Waals surface area contributed by atoms with Crippen LogP contribution in [0.25, 0.3) is 10.9 Å². The van der Waals surface area contributed by atoms with Crippen molar-refractivity contribution in [3.8, 4) is 5.75 Å². The van der Waals surface area contributed by atoms with Crippen molar-refractivity contribution in [1.29, 1.82) is 0 Å². The molecule has 1 aromatic heterocycles. The first-order valence-corrected chi connectivity index (χ1v) is 9.89. The molecule has 28 heavy (non-hydrogen) atoms. The first-order valence-electron chi connectivity index (χ1n) is 9.51. The lowest BCUT2D eigenvalue weighted by atomic mass is 10.2. The molecule has 1 aliphatic rings. The largest absolute Gasteiger partial charge is 0.492 e. The van der Waals surface area contributed by atoms with Gasteiger partial charge in [-0.2, -0.15) is 0 Å². The third-order valence-corrected chi connectivity index (χ3v) is 5.20. The Labute approximate surface area is 168 Å². The monoisotopic (exact) mass is 398 g/mol. The quantitative estimate of drug-likeness (QED) is 0.714. The number of nitrogens with one attached hydrogen (secondary N) is 1. The van der Waals surface area contributed by atoms with Gasteiger partial charge in [0.1, 0.15) is 11.6 Å². The van der Waals surface area contributed by atoms with E-state index in [1.165, 1.54) is 0 Å². The van der Waals surface area contributed by atoms with Gasteiger partial charge in [-0.05, 0) is 37.3 Å². The average Bonchev–Trinajstić information content (AvgIpc) is 2.70. The number of H-pyrrole nitrogens is 1. The lowest BCUT2D eigenvalue weighted by Crippen LogP contribution is -2.46. The van der Waals surface area contributed by atoms with Crippen molar-refractivity contribution in [2.45, 2.75) is 13.5 Å². The SMILES string of the molecule is CCOc1ccccc1N1CCN(Cc2nc3ccc(Cl)cc3c(=O)[nH]2)CC1. The van der Waals surface area contributed by atoms with E-state index in [4.69, 9.17) is 16.3 Å². The van der Waals surface area contributed by atoms with Crippen LogP contribution in [-0.4, -0.2) is 47.7 Å². The van der Waals surface area contributed by atoms with E-state index < -0.39 is 0 Å². The Balaban J connectivity index is 1.44. The van der Waals surface area contributed by atoms with E-state index in [1.807, 2.05) is 25.1 Å². The minimum Gasteiger partial charge on any atom is -0.492 e. The summed E-state index contributed by atoms with van der Waals surface area (Å²) in [6, 6.07) is 13.4. The molecule has 0 atom stereocenters. The molecular formula is C21H23ClN4O2. The summed E-state index contributed by atoms with van der Waals surface area (Å²) >= 11 is 5.98. The molecule has 0 radical (unpaired) electrons. The van der Waals surface area contributed by atoms with Gasteiger partial charge in [-0.1, -0.05) is 23.7 Å². The molecule has 0 amide bonds. The van der Waals surface area contributed by atoms with Crippen LogP contribution in [-0.2, 0) is 6.54 Å². The summed E-state index contributed by atoms with van der Waals surface area (Å²) in [4.78, 5) is 24.5. The maximum absolute atomic E-state index is 12.3. The second-order valence-electron chi connectivity index (χ2n) is 6.84. The predicted octanol–water partition coefficient (Wildman–Crippen LogP) is 3.30. The Hall–Kier alpha value is -2.57. The van der Waals surface area contributed by atoms with Crippen LogP contribution in [0.15, 0.2) is 47.3 Å². The molecule has 1 aliphatic heterocycles. The van der Waals surface area contributed by atoms with Gasteiger partial charge in [0.15, 0.2) is 0 Å². The van der Waals surface area contributed by atoms with E-state index >= 15 is 0 Å². The zero-order valence-electron chi connectivity index (χ0n) is 15.8. The van der Waals surface area contributed by atoms with Crippen molar-refractivity contribution >= 4 is 28.2 Å². The first-order chi connectivity index (χ1) is 13.6. The van der Waals surface area contributed by atoms with Crippen LogP contribution in [0.2, 0.25) is 5.02 Å². The van der Waals surface area contributed by atoms with E-state index in [0.717, 1.165) is 37.6 Å². The molecule has 4 rings (SSSR count). The molecule has 1 N–H and O–H groups in total. The number of fused-ring (bicyclic) bond motifs is 1. The third-order valence-electron chi connectivity index (χ3n) is 4.97. The van der Waals surface area contributed by atoms with Crippen molar-refractivity contribution in [2.24, 2.45) is 0 Å². The lowest BCUT2D eigenvalue weighted by molar-refractivity contribution is 0.243. The summed E-state index contributed by atoms with van der Waals surface area (Å²) in [5.41, 5.74) is 1.66. The molecule has 0 saturated carbocycles. The van der Waals surface area contributed by atoms with Crippen LogP contribution in [0.1, 0.15) is 12.7 Å². The molecule has 7 heteroatoms. The Bertz CT molecular complexity index is 1030. The van der Waals surface area contributed by atoms with E-state index in [1.54, 1.807) is 18.2 Å². The second kappa shape index (κ2) is 8.20. The maximum Gasteiger partial charge on any atom is 0.258 e. The number of aromatic amines is 1. The van der Waals surface area contributed by atoms with Crippen molar-refractivity contribution in [2.75, 3.05) is 37.7 Å². The highest BCUT2D eigenvalue weighted by Gasteiger charge is 2.20. The highest BCUT2D eigenvalue weighted by atomic mass is 35.5. The molecule has 0 spiro atoms. The standard InChI is InChI=1S/C21H23ClN4O2/c1-2-28-19-6-4-3-5-18(19)26-11-9-25(10-12-26)14-20-23-17-8-7-15(22)13-16(17)21(27)24-20/h3-8,13H,2,9-12,14H2,1H3,(H,23,24,27). The summed E-state index contributed by atoms with van der Waals surface area (Å²) in [5, 5.41) is 1.06. The number of anilines is 1. The number of hydrogen-bond acceptors (Lipinski definition) is 5. The van der Waals surface area contributed by atoms with Crippen molar-refractivity contribution in [1.82, 2.24) is 14.9 Å². The van der Waals surface area contributed by atoms with Gasteiger partial charge in [0.05, 0.1) is 29.7 Å². The van der Waals surface area contributed by atoms with Gasteiger partial charge in [0.25, 0.3) is 5.56 Å². The van der Waals surface area contributed by atoms with Gasteiger partial charge in [0, 0.05) is 31.2 Å². The van der Waals surface area contributed by atoms with Crippen LogP contribution >= 0.6 is 11.6 Å². The van der Waals surface area contributed by atoms with Crippen molar-refractivity contribution < 1.29 is 4.74 Å². The first kappa shape index (κ1) is 18.8. The fourth-order valence-corrected chi connectivity index (χ4v) is 3.76. The highest BCUT2D eigenvalue weighted by molar-refractivity contribution is 6.31. The van der Waals surface area contributed by atoms with Crippen LogP contribution in [0.5, 0.6) is 5.75 Å². The Morgan fingerprint density at radius 2 is 1.93 bits per heavy atom. The smallest absolute Gasteiger partial charge is 0.258 e. The van der Waals surface area contributed by atoms with E-state index in [0.29, 0.717) is 34.9 Å². The molecule has 0 bridgehead atoms. The number of benzene rings is 2. The van der Waals surface area contributed by atoms with Crippen LogP contribution in [0.3, 0.4) is 0 Å². The molecular weight excluding hydrogens is 376 g/mol.